The highest BCUT2D eigenvalue weighted by Crippen LogP contribution is 2.41. The zero-order valence-corrected chi connectivity index (χ0v) is 13.4. The van der Waals surface area contributed by atoms with Gasteiger partial charge in [0.05, 0.1) is 11.3 Å². The number of hydrogen-bond donors (Lipinski definition) is 1. The van der Waals surface area contributed by atoms with Gasteiger partial charge >= 0.3 is 0 Å². The third kappa shape index (κ3) is 2.45. The molecule has 0 amide bonds. The molecule has 1 N–H and O–H groups in total. The van der Waals surface area contributed by atoms with Crippen LogP contribution in [-0.2, 0) is 0 Å². The number of nitrogens with zero attached hydrogens (tertiary/aromatic N) is 2. The number of rotatable bonds is 3. The maximum Gasteiger partial charge on any atom is 0.101 e. The summed E-state index contributed by atoms with van der Waals surface area (Å²) in [6, 6.07) is 10.1. The van der Waals surface area contributed by atoms with E-state index in [1.165, 1.54) is 25.7 Å². The van der Waals surface area contributed by atoms with Crippen LogP contribution in [0.15, 0.2) is 22.7 Å². The average molecular weight is 334 g/mol. The first-order valence-electron chi connectivity index (χ1n) is 7.44. The van der Waals surface area contributed by atoms with Gasteiger partial charge in [-0.1, -0.05) is 22.9 Å². The van der Waals surface area contributed by atoms with Crippen LogP contribution in [0.2, 0.25) is 0 Å². The summed E-state index contributed by atoms with van der Waals surface area (Å²) in [4.78, 5) is 2.51. The van der Waals surface area contributed by atoms with E-state index < -0.39 is 0 Å². The number of piperidine rings is 1. The first-order chi connectivity index (χ1) is 9.72. The van der Waals surface area contributed by atoms with Crippen LogP contribution in [-0.4, -0.2) is 24.7 Å². The van der Waals surface area contributed by atoms with Crippen LogP contribution >= 0.6 is 15.9 Å². The van der Waals surface area contributed by atoms with Crippen LogP contribution in [0.25, 0.3) is 0 Å². The lowest BCUT2D eigenvalue weighted by atomic mass is 9.95. The molecule has 0 aromatic heterocycles. The summed E-state index contributed by atoms with van der Waals surface area (Å²) in [6.45, 7) is 3.22. The second-order valence-electron chi connectivity index (χ2n) is 5.79. The molecule has 106 valence electrons. The number of anilines is 1. The van der Waals surface area contributed by atoms with Gasteiger partial charge in [0.25, 0.3) is 0 Å². The Morgan fingerprint density at radius 3 is 2.65 bits per heavy atom. The lowest BCUT2D eigenvalue weighted by Gasteiger charge is -2.41. The molecule has 2 saturated heterocycles. The third-order valence-electron chi connectivity index (χ3n) is 4.58. The Labute approximate surface area is 129 Å². The number of hydrogen-bond acceptors (Lipinski definition) is 3. The van der Waals surface area contributed by atoms with Crippen LogP contribution in [0.4, 0.5) is 5.69 Å². The second-order valence-corrected chi connectivity index (χ2v) is 6.71. The molecule has 2 aliphatic heterocycles. The van der Waals surface area contributed by atoms with Gasteiger partial charge in [-0.3, -0.25) is 0 Å². The van der Waals surface area contributed by atoms with Gasteiger partial charge in [-0.05, 0) is 50.4 Å². The monoisotopic (exact) mass is 333 g/mol. The Balaban J connectivity index is 1.89. The van der Waals surface area contributed by atoms with Crippen molar-refractivity contribution in [1.82, 2.24) is 5.32 Å². The minimum Gasteiger partial charge on any atom is -0.364 e. The van der Waals surface area contributed by atoms with Crippen molar-refractivity contribution in [3.8, 4) is 6.07 Å². The van der Waals surface area contributed by atoms with Crippen LogP contribution in [0.1, 0.15) is 38.2 Å². The smallest absolute Gasteiger partial charge is 0.101 e. The summed E-state index contributed by atoms with van der Waals surface area (Å²) in [7, 11) is 0. The van der Waals surface area contributed by atoms with E-state index in [1.54, 1.807) is 0 Å². The van der Waals surface area contributed by atoms with Gasteiger partial charge in [-0.25, -0.2) is 0 Å². The van der Waals surface area contributed by atoms with Crippen LogP contribution in [0.3, 0.4) is 0 Å². The summed E-state index contributed by atoms with van der Waals surface area (Å²) in [5.41, 5.74) is 1.91. The van der Waals surface area contributed by atoms with Crippen LogP contribution in [0, 0.1) is 11.3 Å². The minimum absolute atomic E-state index is 0.583. The molecule has 0 aliphatic carbocycles. The van der Waals surface area contributed by atoms with Crippen molar-refractivity contribution in [2.75, 3.05) is 11.4 Å². The summed E-state index contributed by atoms with van der Waals surface area (Å²) in [6.07, 6.45) is 4.90. The summed E-state index contributed by atoms with van der Waals surface area (Å²) >= 11 is 3.54. The van der Waals surface area contributed by atoms with Crippen molar-refractivity contribution in [3.05, 3.63) is 28.2 Å². The number of fused-ring (bicyclic) bond motifs is 2. The minimum atomic E-state index is 0.583. The molecule has 4 heteroatoms. The van der Waals surface area contributed by atoms with E-state index >= 15 is 0 Å². The molecule has 2 aliphatic rings. The molecule has 0 spiro atoms. The molecule has 2 unspecified atom stereocenters. The summed E-state index contributed by atoms with van der Waals surface area (Å²) in [5, 5.41) is 13.0. The quantitative estimate of drug-likeness (QED) is 0.920. The number of nitriles is 1. The van der Waals surface area contributed by atoms with E-state index in [2.05, 4.69) is 45.2 Å². The fraction of sp³-hybridized carbons (Fsp3) is 0.562. The largest absolute Gasteiger partial charge is 0.364 e. The Morgan fingerprint density at radius 2 is 2.05 bits per heavy atom. The molecule has 2 heterocycles. The van der Waals surface area contributed by atoms with Crippen LogP contribution < -0.4 is 10.2 Å². The molecule has 1 aromatic carbocycles. The molecule has 2 bridgehead atoms. The highest BCUT2D eigenvalue weighted by molar-refractivity contribution is 9.10. The second kappa shape index (κ2) is 5.75. The molecule has 2 atom stereocenters. The fourth-order valence-corrected chi connectivity index (χ4v) is 4.19. The number of halogens is 1. The molecule has 3 nitrogen and oxygen atoms in total. The van der Waals surface area contributed by atoms with Gasteiger partial charge in [0.15, 0.2) is 0 Å². The lowest BCUT2D eigenvalue weighted by Crippen LogP contribution is -2.49. The molecule has 2 fully saturated rings. The van der Waals surface area contributed by atoms with E-state index in [1.807, 2.05) is 12.1 Å². The highest BCUT2D eigenvalue weighted by atomic mass is 79.9. The van der Waals surface area contributed by atoms with Gasteiger partial charge in [0.2, 0.25) is 0 Å². The first-order valence-corrected chi connectivity index (χ1v) is 8.23. The van der Waals surface area contributed by atoms with Gasteiger partial charge in [-0.15, -0.1) is 0 Å². The van der Waals surface area contributed by atoms with Gasteiger partial charge in [0, 0.05) is 22.6 Å². The average Bonchev–Trinajstić information content (AvgIpc) is 2.70. The normalized spacial score (nSPS) is 28.4. The Bertz CT molecular complexity index is 523. The van der Waals surface area contributed by atoms with Crippen molar-refractivity contribution >= 4 is 21.6 Å². The number of nitrogens with one attached hydrogen (secondary N) is 1. The molecule has 3 rings (SSSR count). The SMILES string of the molecule is CCNC1CC2CCC(C1)N2c1cc(Br)ccc1C#N. The Hall–Kier alpha value is -1.05. The predicted molar refractivity (Wildman–Crippen MR) is 84.8 cm³/mol. The molecule has 0 radical (unpaired) electrons. The lowest BCUT2D eigenvalue weighted by molar-refractivity contribution is 0.361. The fourth-order valence-electron chi connectivity index (χ4n) is 3.84. The van der Waals surface area contributed by atoms with E-state index in [0.717, 1.165) is 22.3 Å². The van der Waals surface area contributed by atoms with E-state index in [0.29, 0.717) is 18.1 Å². The van der Waals surface area contributed by atoms with Crippen molar-refractivity contribution in [3.63, 3.8) is 0 Å². The van der Waals surface area contributed by atoms with Crippen molar-refractivity contribution in [2.45, 2.75) is 50.7 Å². The van der Waals surface area contributed by atoms with Crippen molar-refractivity contribution in [2.24, 2.45) is 0 Å². The van der Waals surface area contributed by atoms with E-state index in [4.69, 9.17) is 0 Å². The summed E-state index contributed by atoms with van der Waals surface area (Å²) < 4.78 is 1.06. The molecule has 0 saturated carbocycles. The Kier molecular flexibility index (Phi) is 4.00. The van der Waals surface area contributed by atoms with E-state index in [-0.39, 0.29) is 0 Å². The predicted octanol–water partition coefficient (Wildman–Crippen LogP) is 3.43. The molecular formula is C16H20BrN3. The molecule has 1 aromatic rings. The van der Waals surface area contributed by atoms with Gasteiger partial charge in [0.1, 0.15) is 6.07 Å². The molecular weight excluding hydrogens is 314 g/mol. The van der Waals surface area contributed by atoms with E-state index in [9.17, 15) is 5.26 Å². The summed E-state index contributed by atoms with van der Waals surface area (Å²) in [5.74, 6) is 0. The van der Waals surface area contributed by atoms with Gasteiger partial charge < -0.3 is 10.2 Å². The number of benzene rings is 1. The van der Waals surface area contributed by atoms with Crippen molar-refractivity contribution < 1.29 is 0 Å². The van der Waals surface area contributed by atoms with Crippen LogP contribution in [0.5, 0.6) is 0 Å². The maximum absolute atomic E-state index is 9.36. The first kappa shape index (κ1) is 13.9. The molecule has 20 heavy (non-hydrogen) atoms. The van der Waals surface area contributed by atoms with Gasteiger partial charge in [-0.2, -0.15) is 5.26 Å². The zero-order chi connectivity index (χ0) is 14.1. The standard InChI is InChI=1S/C16H20BrN3/c1-2-19-13-8-14-5-6-15(9-13)20(14)16-7-12(17)4-3-11(16)10-18/h3-4,7,13-15,19H,2,5-6,8-9H2,1H3. The van der Waals surface area contributed by atoms with Crippen molar-refractivity contribution in [1.29, 1.82) is 5.26 Å². The topological polar surface area (TPSA) is 39.1 Å². The highest BCUT2D eigenvalue weighted by Gasteiger charge is 2.41. The maximum atomic E-state index is 9.36. The Morgan fingerprint density at radius 1 is 1.35 bits per heavy atom. The zero-order valence-electron chi connectivity index (χ0n) is 11.8. The third-order valence-corrected chi connectivity index (χ3v) is 5.08.